The molecule has 2 aromatic heterocycles. The van der Waals surface area contributed by atoms with E-state index >= 15 is 0 Å². The van der Waals surface area contributed by atoms with E-state index in [-0.39, 0.29) is 11.5 Å². The number of halogens is 1. The van der Waals surface area contributed by atoms with Crippen LogP contribution in [0.25, 0.3) is 16.7 Å². The van der Waals surface area contributed by atoms with Gasteiger partial charge in [-0.1, -0.05) is 11.6 Å². The lowest BCUT2D eigenvalue weighted by Crippen LogP contribution is -2.06. The molecule has 100 valence electrons. The molecular formula is C12H8ClN5O2. The van der Waals surface area contributed by atoms with Crippen molar-refractivity contribution >= 4 is 34.6 Å². The Hall–Kier alpha value is -2.67. The minimum atomic E-state index is 0.206. The van der Waals surface area contributed by atoms with Crippen LogP contribution in [0.15, 0.2) is 41.5 Å². The van der Waals surface area contributed by atoms with Crippen molar-refractivity contribution in [1.29, 1.82) is 0 Å². The van der Waals surface area contributed by atoms with E-state index in [9.17, 15) is 4.79 Å². The molecule has 8 heteroatoms. The van der Waals surface area contributed by atoms with Crippen molar-refractivity contribution in [3.8, 4) is 0 Å². The Balaban J connectivity index is 1.94. The highest BCUT2D eigenvalue weighted by molar-refractivity contribution is 6.31. The van der Waals surface area contributed by atoms with Crippen LogP contribution in [0, 0.1) is 0 Å². The van der Waals surface area contributed by atoms with E-state index in [0.717, 1.165) is 0 Å². The Kier molecular flexibility index (Phi) is 3.18. The third-order valence-electron chi connectivity index (χ3n) is 2.51. The average molecular weight is 290 g/mol. The van der Waals surface area contributed by atoms with Gasteiger partial charge in [0.25, 0.3) is 0 Å². The van der Waals surface area contributed by atoms with Crippen molar-refractivity contribution in [2.45, 2.75) is 0 Å². The van der Waals surface area contributed by atoms with Gasteiger partial charge < -0.3 is 4.42 Å². The third kappa shape index (κ3) is 2.39. The van der Waals surface area contributed by atoms with Crippen LogP contribution >= 0.6 is 11.6 Å². The van der Waals surface area contributed by atoms with Gasteiger partial charge in [0.1, 0.15) is 18.2 Å². The fourth-order valence-corrected chi connectivity index (χ4v) is 1.75. The number of hydrogen-bond donors (Lipinski definition) is 1. The Labute approximate surface area is 117 Å². The molecule has 7 nitrogen and oxygen atoms in total. The summed E-state index contributed by atoms with van der Waals surface area (Å²) in [6, 6.07) is 5.06. The number of allylic oxidation sites excluding steroid dienone is 1. The van der Waals surface area contributed by atoms with Gasteiger partial charge in [0, 0.05) is 11.2 Å². The molecule has 3 aromatic rings. The van der Waals surface area contributed by atoms with Crippen molar-refractivity contribution in [3.05, 3.63) is 48.0 Å². The summed E-state index contributed by atoms with van der Waals surface area (Å²) in [6.07, 6.45) is 4.99. The molecule has 0 saturated heterocycles. The van der Waals surface area contributed by atoms with Gasteiger partial charge in [-0.15, -0.1) is 10.2 Å². The lowest BCUT2D eigenvalue weighted by atomic mass is 10.3. The van der Waals surface area contributed by atoms with Crippen LogP contribution in [0.3, 0.4) is 0 Å². The number of hydrogen-bond acceptors (Lipinski definition) is 6. The molecular weight excluding hydrogens is 282 g/mol. The highest BCUT2D eigenvalue weighted by Gasteiger charge is 2.10. The Morgan fingerprint density at radius 3 is 2.90 bits per heavy atom. The quantitative estimate of drug-likeness (QED) is 0.583. The first-order valence-corrected chi connectivity index (χ1v) is 5.97. The minimum Gasteiger partial charge on any atom is -0.436 e. The van der Waals surface area contributed by atoms with Gasteiger partial charge in [-0.2, -0.15) is 0 Å². The lowest BCUT2D eigenvalue weighted by molar-refractivity contribution is -0.103. The van der Waals surface area contributed by atoms with Crippen LogP contribution in [-0.2, 0) is 4.79 Å². The maximum Gasteiger partial charge on any atom is 0.232 e. The average Bonchev–Trinajstić information content (AvgIpc) is 3.08. The summed E-state index contributed by atoms with van der Waals surface area (Å²) in [5.74, 6) is 0.206. The summed E-state index contributed by atoms with van der Waals surface area (Å²) in [5, 5.41) is 7.80. The Bertz CT molecular complexity index is 778. The number of nitrogens with zero attached hydrogens (tertiary/aromatic N) is 4. The predicted molar refractivity (Wildman–Crippen MR) is 72.4 cm³/mol. The molecule has 1 aromatic carbocycles. The van der Waals surface area contributed by atoms with Gasteiger partial charge >= 0.3 is 0 Å². The van der Waals surface area contributed by atoms with Gasteiger partial charge in [0.15, 0.2) is 11.9 Å². The number of oxazole rings is 1. The highest BCUT2D eigenvalue weighted by atomic mass is 35.5. The van der Waals surface area contributed by atoms with Crippen molar-refractivity contribution in [1.82, 2.24) is 19.9 Å². The number of rotatable bonds is 4. The fourth-order valence-electron chi connectivity index (χ4n) is 1.58. The molecule has 2 heterocycles. The van der Waals surface area contributed by atoms with Crippen LogP contribution in [-0.4, -0.2) is 26.1 Å². The molecule has 0 aliphatic rings. The number of fused-ring (bicyclic) bond motifs is 1. The smallest absolute Gasteiger partial charge is 0.232 e. The van der Waals surface area contributed by atoms with E-state index in [4.69, 9.17) is 16.0 Å². The number of aldehydes is 1. The van der Waals surface area contributed by atoms with Gasteiger partial charge in [0.2, 0.25) is 5.89 Å². The first-order valence-electron chi connectivity index (χ1n) is 5.59. The molecule has 0 unspecified atom stereocenters. The van der Waals surface area contributed by atoms with E-state index in [1.54, 1.807) is 18.2 Å². The molecule has 0 aliphatic heterocycles. The summed E-state index contributed by atoms with van der Waals surface area (Å²) in [6.45, 7) is 0. The third-order valence-corrected chi connectivity index (χ3v) is 2.75. The molecule has 0 aliphatic carbocycles. The van der Waals surface area contributed by atoms with Gasteiger partial charge in [-0.05, 0) is 18.2 Å². The Morgan fingerprint density at radius 1 is 1.35 bits per heavy atom. The zero-order valence-electron chi connectivity index (χ0n) is 10.0. The van der Waals surface area contributed by atoms with Gasteiger partial charge in [0.05, 0.1) is 5.57 Å². The van der Waals surface area contributed by atoms with Crippen LogP contribution in [0.4, 0.5) is 0 Å². The van der Waals surface area contributed by atoms with E-state index in [1.807, 2.05) is 0 Å². The summed E-state index contributed by atoms with van der Waals surface area (Å²) in [4.78, 5) is 15.3. The van der Waals surface area contributed by atoms with Gasteiger partial charge in [-0.25, -0.2) is 9.66 Å². The number of carbonyl (C=O) groups is 1. The van der Waals surface area contributed by atoms with Crippen molar-refractivity contribution in [2.75, 3.05) is 5.43 Å². The number of benzene rings is 1. The van der Waals surface area contributed by atoms with E-state index in [0.29, 0.717) is 22.4 Å². The molecule has 0 saturated carbocycles. The first-order chi connectivity index (χ1) is 9.76. The summed E-state index contributed by atoms with van der Waals surface area (Å²) >= 11 is 5.87. The summed E-state index contributed by atoms with van der Waals surface area (Å²) < 4.78 is 6.97. The second-order valence-electron chi connectivity index (χ2n) is 3.85. The lowest BCUT2D eigenvalue weighted by Gasteiger charge is -1.99. The monoisotopic (exact) mass is 289 g/mol. The second-order valence-corrected chi connectivity index (χ2v) is 4.28. The maximum absolute atomic E-state index is 11.1. The Morgan fingerprint density at radius 2 is 2.15 bits per heavy atom. The molecule has 0 radical (unpaired) electrons. The fraction of sp³-hybridized carbons (Fsp3) is 0. The SMILES string of the molecule is O=C/C(=C\Nn1cnnc1)c1nc2cc(Cl)ccc2o1. The standard InChI is InChI=1S/C12H8ClN5O2/c13-9-1-2-11-10(3-9)17-12(20-11)8(5-19)4-16-18-6-14-15-7-18/h1-7,16H/b8-4+. The van der Waals surface area contributed by atoms with Gasteiger partial charge in [-0.3, -0.25) is 10.2 Å². The molecule has 20 heavy (non-hydrogen) atoms. The topological polar surface area (TPSA) is 85.8 Å². The minimum absolute atomic E-state index is 0.206. The van der Waals surface area contributed by atoms with Crippen LogP contribution < -0.4 is 5.43 Å². The first kappa shape index (κ1) is 12.4. The van der Waals surface area contributed by atoms with Crippen molar-refractivity contribution in [2.24, 2.45) is 0 Å². The molecule has 0 amide bonds. The zero-order valence-corrected chi connectivity index (χ0v) is 10.8. The molecule has 1 N–H and O–H groups in total. The van der Waals surface area contributed by atoms with Crippen LogP contribution in [0.2, 0.25) is 5.02 Å². The zero-order chi connectivity index (χ0) is 13.9. The summed E-state index contributed by atoms with van der Waals surface area (Å²) in [7, 11) is 0. The van der Waals surface area contributed by atoms with Crippen LogP contribution in [0.5, 0.6) is 0 Å². The van der Waals surface area contributed by atoms with E-state index in [1.165, 1.54) is 23.5 Å². The molecule has 0 atom stereocenters. The second kappa shape index (κ2) is 5.14. The van der Waals surface area contributed by atoms with E-state index in [2.05, 4.69) is 20.6 Å². The van der Waals surface area contributed by atoms with Crippen molar-refractivity contribution < 1.29 is 9.21 Å². The number of aromatic nitrogens is 4. The highest BCUT2D eigenvalue weighted by Crippen LogP contribution is 2.22. The molecule has 3 rings (SSSR count). The van der Waals surface area contributed by atoms with Crippen LogP contribution in [0.1, 0.15) is 5.89 Å². The maximum atomic E-state index is 11.1. The summed E-state index contributed by atoms with van der Waals surface area (Å²) in [5.41, 5.74) is 4.20. The number of nitrogens with one attached hydrogen (secondary N) is 1. The predicted octanol–water partition coefficient (Wildman–Crippen LogP) is 1.86. The largest absolute Gasteiger partial charge is 0.436 e. The van der Waals surface area contributed by atoms with E-state index < -0.39 is 0 Å². The molecule has 0 spiro atoms. The molecule has 0 fully saturated rings. The normalized spacial score (nSPS) is 11.8. The van der Waals surface area contributed by atoms with Crippen molar-refractivity contribution in [3.63, 3.8) is 0 Å². The number of carbonyl (C=O) groups excluding carboxylic acids is 1. The molecule has 0 bridgehead atoms.